The first-order chi connectivity index (χ1) is 9.22. The van der Waals surface area contributed by atoms with Crippen molar-refractivity contribution in [3.05, 3.63) is 24.3 Å². The number of hydrogen-bond donors (Lipinski definition) is 2. The second kappa shape index (κ2) is 4.66. The van der Waals surface area contributed by atoms with Crippen LogP contribution in [0.4, 0.5) is 5.82 Å². The molecule has 0 spiro atoms. The Bertz CT molecular complexity index is 596. The van der Waals surface area contributed by atoms with Crippen molar-refractivity contribution in [3.8, 4) is 0 Å². The molecule has 0 unspecified atom stereocenters. The van der Waals surface area contributed by atoms with Gasteiger partial charge in [0.2, 0.25) is 5.91 Å². The van der Waals surface area contributed by atoms with Gasteiger partial charge >= 0.3 is 0 Å². The Kier molecular flexibility index (Phi) is 2.98. The Hall–Kier alpha value is -1.88. The fourth-order valence-electron chi connectivity index (χ4n) is 2.55. The number of aromatic nitrogens is 2. The van der Waals surface area contributed by atoms with Gasteiger partial charge in [-0.1, -0.05) is 12.1 Å². The number of nitrogens with zero attached hydrogens (tertiary/aromatic N) is 1. The normalized spacial score (nSPS) is 17.1. The molecular formula is C14H17N3O2. The highest BCUT2D eigenvalue weighted by Crippen LogP contribution is 2.38. The molecule has 5 nitrogen and oxygen atoms in total. The van der Waals surface area contributed by atoms with E-state index < -0.39 is 0 Å². The Labute approximate surface area is 111 Å². The highest BCUT2D eigenvalue weighted by molar-refractivity contribution is 5.99. The Morgan fingerprint density at radius 2 is 2.26 bits per heavy atom. The molecule has 100 valence electrons. The number of hydrogen-bond acceptors (Lipinski definition) is 3. The van der Waals surface area contributed by atoms with Gasteiger partial charge < -0.3 is 10.1 Å². The van der Waals surface area contributed by atoms with Crippen molar-refractivity contribution < 1.29 is 9.53 Å². The van der Waals surface area contributed by atoms with Crippen LogP contribution < -0.4 is 5.32 Å². The van der Waals surface area contributed by atoms with Crippen LogP contribution in [-0.4, -0.2) is 28.8 Å². The second-order valence-corrected chi connectivity index (χ2v) is 5.08. The molecule has 5 heteroatoms. The average Bonchev–Trinajstić information content (AvgIpc) is 2.78. The Balaban J connectivity index is 1.72. The predicted octanol–water partition coefficient (Wildman–Crippen LogP) is 2.46. The van der Waals surface area contributed by atoms with Crippen LogP contribution in [0.5, 0.6) is 0 Å². The number of carbonyl (C=O) groups excluding carboxylic acids is 1. The van der Waals surface area contributed by atoms with Crippen LogP contribution in [0.3, 0.4) is 0 Å². The molecule has 2 N–H and O–H groups in total. The Morgan fingerprint density at radius 1 is 1.47 bits per heavy atom. The molecule has 3 rings (SSSR count). The summed E-state index contributed by atoms with van der Waals surface area (Å²) in [6, 6.07) is 7.72. The van der Waals surface area contributed by atoms with Gasteiger partial charge in [0.25, 0.3) is 0 Å². The van der Waals surface area contributed by atoms with E-state index in [9.17, 15) is 4.79 Å². The maximum atomic E-state index is 12.1. The minimum Gasteiger partial charge on any atom is -0.378 e. The van der Waals surface area contributed by atoms with E-state index in [4.69, 9.17) is 4.74 Å². The van der Waals surface area contributed by atoms with Gasteiger partial charge in [0, 0.05) is 12.5 Å². The van der Waals surface area contributed by atoms with Gasteiger partial charge in [-0.2, -0.15) is 5.10 Å². The van der Waals surface area contributed by atoms with Crippen LogP contribution in [0.1, 0.15) is 25.7 Å². The molecule has 0 aliphatic heterocycles. The number of anilines is 1. The summed E-state index contributed by atoms with van der Waals surface area (Å²) >= 11 is 0. The second-order valence-electron chi connectivity index (χ2n) is 5.08. The number of H-pyrrole nitrogens is 1. The number of carbonyl (C=O) groups is 1. The molecule has 0 saturated heterocycles. The molecule has 0 atom stereocenters. The van der Waals surface area contributed by atoms with E-state index in [1.807, 2.05) is 24.3 Å². The summed E-state index contributed by atoms with van der Waals surface area (Å²) in [5, 5.41) is 10.8. The molecular weight excluding hydrogens is 242 g/mol. The predicted molar refractivity (Wildman–Crippen MR) is 72.9 cm³/mol. The molecule has 1 fully saturated rings. The largest absolute Gasteiger partial charge is 0.378 e. The average molecular weight is 259 g/mol. The molecule has 0 bridgehead atoms. The van der Waals surface area contributed by atoms with Gasteiger partial charge in [0.1, 0.15) is 0 Å². The van der Waals surface area contributed by atoms with Crippen LogP contribution in [0, 0.1) is 0 Å². The lowest BCUT2D eigenvalue weighted by atomic mass is 9.77. The van der Waals surface area contributed by atoms with E-state index in [0.29, 0.717) is 12.2 Å². The summed E-state index contributed by atoms with van der Waals surface area (Å²) in [4.78, 5) is 12.1. The van der Waals surface area contributed by atoms with Gasteiger partial charge in [-0.05, 0) is 31.4 Å². The number of fused-ring (bicyclic) bond motifs is 1. The van der Waals surface area contributed by atoms with E-state index in [1.54, 1.807) is 7.11 Å². The maximum Gasteiger partial charge on any atom is 0.228 e. The third kappa shape index (κ3) is 2.21. The number of amides is 1. The summed E-state index contributed by atoms with van der Waals surface area (Å²) in [5.74, 6) is 0.546. The van der Waals surface area contributed by atoms with E-state index in [1.165, 1.54) is 0 Å². The highest BCUT2D eigenvalue weighted by Gasteiger charge is 2.39. The molecule has 1 saturated carbocycles. The summed E-state index contributed by atoms with van der Waals surface area (Å²) in [6.45, 7) is 0. The van der Waals surface area contributed by atoms with Crippen molar-refractivity contribution in [1.29, 1.82) is 0 Å². The summed E-state index contributed by atoms with van der Waals surface area (Å²) in [7, 11) is 1.68. The van der Waals surface area contributed by atoms with Crippen molar-refractivity contribution in [1.82, 2.24) is 10.2 Å². The first-order valence-electron chi connectivity index (χ1n) is 6.51. The SMILES string of the molecule is COC1(CC(=O)Nc2n[nH]c3ccccc23)CCC1. The summed E-state index contributed by atoms with van der Waals surface area (Å²) in [5.41, 5.74) is 0.666. The first kappa shape index (κ1) is 12.2. The molecule has 1 aromatic carbocycles. The molecule has 1 heterocycles. The lowest BCUT2D eigenvalue weighted by molar-refractivity contribution is -0.129. The zero-order valence-corrected chi connectivity index (χ0v) is 10.9. The van der Waals surface area contributed by atoms with Crippen LogP contribution in [0.15, 0.2) is 24.3 Å². The van der Waals surface area contributed by atoms with Crippen LogP contribution in [0.2, 0.25) is 0 Å². The van der Waals surface area contributed by atoms with Crippen molar-refractivity contribution in [2.75, 3.05) is 12.4 Å². The molecule has 19 heavy (non-hydrogen) atoms. The lowest BCUT2D eigenvalue weighted by Gasteiger charge is -2.39. The molecule has 1 amide bonds. The summed E-state index contributed by atoms with van der Waals surface area (Å²) in [6.07, 6.45) is 3.44. The van der Waals surface area contributed by atoms with E-state index in [0.717, 1.165) is 30.2 Å². The number of nitrogens with one attached hydrogen (secondary N) is 2. The molecule has 1 aromatic heterocycles. The maximum absolute atomic E-state index is 12.1. The third-order valence-corrected chi connectivity index (χ3v) is 3.91. The van der Waals surface area contributed by atoms with Gasteiger partial charge in [-0.3, -0.25) is 9.89 Å². The minimum atomic E-state index is -0.254. The lowest BCUT2D eigenvalue weighted by Crippen LogP contribution is -2.42. The highest BCUT2D eigenvalue weighted by atomic mass is 16.5. The molecule has 1 aliphatic carbocycles. The zero-order chi connectivity index (χ0) is 13.3. The van der Waals surface area contributed by atoms with E-state index in [-0.39, 0.29) is 11.5 Å². The van der Waals surface area contributed by atoms with Crippen LogP contribution >= 0.6 is 0 Å². The van der Waals surface area contributed by atoms with Crippen molar-refractivity contribution in [3.63, 3.8) is 0 Å². The number of methoxy groups -OCH3 is 1. The van der Waals surface area contributed by atoms with Gasteiger partial charge in [0.05, 0.1) is 17.5 Å². The zero-order valence-electron chi connectivity index (χ0n) is 10.9. The third-order valence-electron chi connectivity index (χ3n) is 3.91. The van der Waals surface area contributed by atoms with Gasteiger partial charge in [-0.25, -0.2) is 0 Å². The minimum absolute atomic E-state index is 0.0428. The monoisotopic (exact) mass is 259 g/mol. The van der Waals surface area contributed by atoms with Crippen molar-refractivity contribution in [2.24, 2.45) is 0 Å². The molecule has 2 aromatic rings. The smallest absolute Gasteiger partial charge is 0.228 e. The fraction of sp³-hybridized carbons (Fsp3) is 0.429. The van der Waals surface area contributed by atoms with Gasteiger partial charge in [-0.15, -0.1) is 0 Å². The molecule has 1 aliphatic rings. The molecule has 0 radical (unpaired) electrons. The Morgan fingerprint density at radius 3 is 2.95 bits per heavy atom. The number of rotatable bonds is 4. The number of benzene rings is 1. The van der Waals surface area contributed by atoms with Crippen LogP contribution in [0.25, 0.3) is 10.9 Å². The number of para-hydroxylation sites is 1. The van der Waals surface area contributed by atoms with Gasteiger partial charge in [0.15, 0.2) is 5.82 Å². The number of aromatic amines is 1. The summed E-state index contributed by atoms with van der Waals surface area (Å²) < 4.78 is 5.46. The first-order valence-corrected chi connectivity index (χ1v) is 6.51. The van der Waals surface area contributed by atoms with Crippen molar-refractivity contribution in [2.45, 2.75) is 31.3 Å². The fourth-order valence-corrected chi connectivity index (χ4v) is 2.55. The quantitative estimate of drug-likeness (QED) is 0.886. The van der Waals surface area contributed by atoms with Crippen molar-refractivity contribution >= 4 is 22.6 Å². The standard InChI is InChI=1S/C14H17N3O2/c1-19-14(7-4-8-14)9-12(18)15-13-10-5-2-3-6-11(10)16-17-13/h2-3,5-6H,4,7-9H2,1H3,(H2,15,16,17,18). The van der Waals surface area contributed by atoms with E-state index in [2.05, 4.69) is 15.5 Å². The van der Waals surface area contributed by atoms with E-state index >= 15 is 0 Å². The number of ether oxygens (including phenoxy) is 1. The topological polar surface area (TPSA) is 67.0 Å². The van der Waals surface area contributed by atoms with Crippen LogP contribution in [-0.2, 0) is 9.53 Å².